The van der Waals surface area contributed by atoms with Gasteiger partial charge in [-0.1, -0.05) is 6.08 Å². The van der Waals surface area contributed by atoms with Crippen LogP contribution in [0.2, 0.25) is 0 Å². The SMILES string of the molecule is C=CC[C@H](OC(C)=O)[C@@H]1CCC(=O)N1. The number of ether oxygens (including phenoxy) is 1. The smallest absolute Gasteiger partial charge is 0.302 e. The van der Waals surface area contributed by atoms with Crippen molar-refractivity contribution in [3.05, 3.63) is 12.7 Å². The Bertz CT molecular complexity index is 250. The molecule has 1 rings (SSSR count). The number of rotatable bonds is 4. The summed E-state index contributed by atoms with van der Waals surface area (Å²) in [5.41, 5.74) is 0. The highest BCUT2D eigenvalue weighted by Gasteiger charge is 2.29. The fraction of sp³-hybridized carbons (Fsp3) is 0.600. The van der Waals surface area contributed by atoms with Crippen molar-refractivity contribution >= 4 is 11.9 Å². The van der Waals surface area contributed by atoms with Crippen molar-refractivity contribution in [1.82, 2.24) is 5.32 Å². The van der Waals surface area contributed by atoms with Crippen LogP contribution in [0.15, 0.2) is 12.7 Å². The van der Waals surface area contributed by atoms with Crippen LogP contribution in [0.5, 0.6) is 0 Å². The minimum atomic E-state index is -0.321. The number of amides is 1. The van der Waals surface area contributed by atoms with Crippen LogP contribution in [0.3, 0.4) is 0 Å². The maximum absolute atomic E-state index is 11.0. The van der Waals surface area contributed by atoms with E-state index in [1.165, 1.54) is 6.92 Å². The summed E-state index contributed by atoms with van der Waals surface area (Å²) in [6.45, 7) is 4.96. The molecule has 0 saturated carbocycles. The average Bonchev–Trinajstić information content (AvgIpc) is 2.50. The van der Waals surface area contributed by atoms with Gasteiger partial charge in [0.05, 0.1) is 6.04 Å². The maximum Gasteiger partial charge on any atom is 0.302 e. The van der Waals surface area contributed by atoms with E-state index in [0.717, 1.165) is 6.42 Å². The van der Waals surface area contributed by atoms with Gasteiger partial charge in [-0.05, 0) is 6.42 Å². The van der Waals surface area contributed by atoms with Gasteiger partial charge in [0.25, 0.3) is 0 Å². The summed E-state index contributed by atoms with van der Waals surface area (Å²) in [6.07, 6.45) is 3.24. The van der Waals surface area contributed by atoms with Crippen LogP contribution < -0.4 is 5.32 Å². The van der Waals surface area contributed by atoms with Crippen LogP contribution in [-0.2, 0) is 14.3 Å². The lowest BCUT2D eigenvalue weighted by molar-refractivity contribution is -0.147. The Morgan fingerprint density at radius 2 is 2.57 bits per heavy atom. The van der Waals surface area contributed by atoms with Crippen molar-refractivity contribution in [3.63, 3.8) is 0 Å². The molecule has 1 aliphatic rings. The monoisotopic (exact) mass is 197 g/mol. The Balaban J connectivity index is 2.52. The molecule has 4 heteroatoms. The molecular formula is C10H15NO3. The first-order chi connectivity index (χ1) is 6.63. The molecule has 1 N–H and O–H groups in total. The Morgan fingerprint density at radius 1 is 1.86 bits per heavy atom. The number of nitrogens with one attached hydrogen (secondary N) is 1. The van der Waals surface area contributed by atoms with E-state index < -0.39 is 0 Å². The van der Waals surface area contributed by atoms with E-state index in [2.05, 4.69) is 11.9 Å². The van der Waals surface area contributed by atoms with Gasteiger partial charge in [-0.2, -0.15) is 0 Å². The first-order valence-electron chi connectivity index (χ1n) is 4.71. The van der Waals surface area contributed by atoms with Gasteiger partial charge in [-0.3, -0.25) is 9.59 Å². The fourth-order valence-corrected chi connectivity index (χ4v) is 1.59. The Hall–Kier alpha value is -1.32. The first-order valence-corrected chi connectivity index (χ1v) is 4.71. The molecule has 1 fully saturated rings. The topological polar surface area (TPSA) is 55.4 Å². The van der Waals surface area contributed by atoms with Crippen LogP contribution in [0, 0.1) is 0 Å². The molecule has 78 valence electrons. The number of hydrogen-bond donors (Lipinski definition) is 1. The zero-order valence-corrected chi connectivity index (χ0v) is 8.29. The summed E-state index contributed by atoms with van der Waals surface area (Å²) in [6, 6.07) is -0.0515. The maximum atomic E-state index is 11.0. The van der Waals surface area contributed by atoms with Crippen molar-refractivity contribution in [2.45, 2.75) is 38.3 Å². The molecule has 0 aromatic carbocycles. The third-order valence-electron chi connectivity index (χ3n) is 2.19. The molecular weight excluding hydrogens is 182 g/mol. The zero-order valence-electron chi connectivity index (χ0n) is 8.29. The van der Waals surface area contributed by atoms with Gasteiger partial charge >= 0.3 is 5.97 Å². The van der Waals surface area contributed by atoms with Crippen LogP contribution in [0.1, 0.15) is 26.2 Å². The van der Waals surface area contributed by atoms with Crippen molar-refractivity contribution in [1.29, 1.82) is 0 Å². The molecule has 0 aromatic heterocycles. The lowest BCUT2D eigenvalue weighted by atomic mass is 10.1. The third-order valence-corrected chi connectivity index (χ3v) is 2.19. The van der Waals surface area contributed by atoms with Crippen molar-refractivity contribution in [3.8, 4) is 0 Å². The van der Waals surface area contributed by atoms with Crippen LogP contribution >= 0.6 is 0 Å². The third kappa shape index (κ3) is 2.87. The van der Waals surface area contributed by atoms with Gasteiger partial charge in [-0.15, -0.1) is 6.58 Å². The largest absolute Gasteiger partial charge is 0.460 e. The van der Waals surface area contributed by atoms with E-state index in [1.807, 2.05) is 0 Å². The first kappa shape index (κ1) is 10.8. The molecule has 0 unspecified atom stereocenters. The van der Waals surface area contributed by atoms with Gasteiger partial charge in [0, 0.05) is 19.8 Å². The van der Waals surface area contributed by atoms with Gasteiger partial charge in [0.1, 0.15) is 6.10 Å². The van der Waals surface area contributed by atoms with Gasteiger partial charge in [0.15, 0.2) is 0 Å². The van der Waals surface area contributed by atoms with Crippen LogP contribution in [-0.4, -0.2) is 24.0 Å². The summed E-state index contributed by atoms with van der Waals surface area (Å²) in [4.78, 5) is 21.8. The van der Waals surface area contributed by atoms with Crippen LogP contribution in [0.4, 0.5) is 0 Å². The molecule has 0 aromatic rings. The zero-order chi connectivity index (χ0) is 10.6. The van der Waals surface area contributed by atoms with Crippen molar-refractivity contribution in [2.24, 2.45) is 0 Å². The Kier molecular flexibility index (Phi) is 3.68. The molecule has 2 atom stereocenters. The van der Waals surface area contributed by atoms with E-state index in [1.54, 1.807) is 6.08 Å². The second-order valence-corrected chi connectivity index (χ2v) is 3.38. The van der Waals surface area contributed by atoms with E-state index in [4.69, 9.17) is 4.74 Å². The summed E-state index contributed by atoms with van der Waals surface area (Å²) in [7, 11) is 0. The van der Waals surface area contributed by atoms with E-state index >= 15 is 0 Å². The molecule has 14 heavy (non-hydrogen) atoms. The molecule has 1 amide bonds. The van der Waals surface area contributed by atoms with Crippen molar-refractivity contribution < 1.29 is 14.3 Å². The Labute approximate surface area is 83.3 Å². The molecule has 0 spiro atoms. The molecule has 1 aliphatic heterocycles. The lowest BCUT2D eigenvalue weighted by Gasteiger charge is -2.21. The summed E-state index contributed by atoms with van der Waals surface area (Å²) >= 11 is 0. The predicted octanol–water partition coefficient (Wildman–Crippen LogP) is 0.773. The minimum Gasteiger partial charge on any atom is -0.460 e. The lowest BCUT2D eigenvalue weighted by Crippen LogP contribution is -2.39. The molecule has 0 radical (unpaired) electrons. The average molecular weight is 197 g/mol. The van der Waals surface area contributed by atoms with Crippen LogP contribution in [0.25, 0.3) is 0 Å². The molecule has 0 bridgehead atoms. The predicted molar refractivity (Wildman–Crippen MR) is 51.5 cm³/mol. The molecule has 0 aliphatic carbocycles. The second-order valence-electron chi connectivity index (χ2n) is 3.38. The summed E-state index contributed by atoms with van der Waals surface area (Å²) < 4.78 is 5.10. The number of carbonyl (C=O) groups is 2. The summed E-state index contributed by atoms with van der Waals surface area (Å²) in [5, 5.41) is 2.78. The highest BCUT2D eigenvalue weighted by molar-refractivity contribution is 5.78. The van der Waals surface area contributed by atoms with Gasteiger partial charge < -0.3 is 10.1 Å². The summed E-state index contributed by atoms with van der Waals surface area (Å²) in [5.74, 6) is -0.297. The molecule has 1 saturated heterocycles. The minimum absolute atomic E-state index is 0.0243. The number of carbonyl (C=O) groups excluding carboxylic acids is 2. The highest BCUT2D eigenvalue weighted by Crippen LogP contribution is 2.16. The standard InChI is InChI=1S/C10H15NO3/c1-3-4-9(14-7(2)12)8-5-6-10(13)11-8/h3,8-9H,1,4-6H2,2H3,(H,11,13)/t8-,9-/m0/s1. The quantitative estimate of drug-likeness (QED) is 0.535. The van der Waals surface area contributed by atoms with Gasteiger partial charge in [-0.25, -0.2) is 0 Å². The number of hydrogen-bond acceptors (Lipinski definition) is 3. The normalized spacial score (nSPS) is 22.6. The second kappa shape index (κ2) is 4.79. The molecule has 4 nitrogen and oxygen atoms in total. The van der Waals surface area contributed by atoms with E-state index in [-0.39, 0.29) is 24.0 Å². The number of esters is 1. The van der Waals surface area contributed by atoms with E-state index in [9.17, 15) is 9.59 Å². The molecule has 1 heterocycles. The Morgan fingerprint density at radius 3 is 3.00 bits per heavy atom. The van der Waals surface area contributed by atoms with Gasteiger partial charge in [0.2, 0.25) is 5.91 Å². The highest BCUT2D eigenvalue weighted by atomic mass is 16.5. The van der Waals surface area contributed by atoms with Crippen molar-refractivity contribution in [2.75, 3.05) is 0 Å². The fourth-order valence-electron chi connectivity index (χ4n) is 1.59. The van der Waals surface area contributed by atoms with E-state index in [0.29, 0.717) is 12.8 Å².